The average molecular weight is 720 g/mol. The number of carbonyl (C=O) groups is 1. The van der Waals surface area contributed by atoms with Gasteiger partial charge < -0.3 is 24.2 Å². The Morgan fingerprint density at radius 2 is 1.73 bits per heavy atom. The predicted molar refractivity (Wildman–Crippen MR) is 199 cm³/mol. The maximum absolute atomic E-state index is 14.6. The van der Waals surface area contributed by atoms with Crippen molar-refractivity contribution in [2.75, 3.05) is 23.3 Å². The van der Waals surface area contributed by atoms with Gasteiger partial charge in [-0.25, -0.2) is 19.9 Å². The molecule has 1 unspecified atom stereocenters. The van der Waals surface area contributed by atoms with Crippen LogP contribution in [0.3, 0.4) is 0 Å². The van der Waals surface area contributed by atoms with Crippen molar-refractivity contribution in [1.29, 1.82) is 0 Å². The molecule has 8 rings (SSSR count). The molecule has 3 N–H and O–H groups in total. The van der Waals surface area contributed by atoms with Gasteiger partial charge in [0.25, 0.3) is 5.91 Å². The first-order valence-electron chi connectivity index (χ1n) is 16.6. The van der Waals surface area contributed by atoms with Gasteiger partial charge in [0.05, 0.1) is 29.4 Å². The number of nitrogens with zero attached hydrogens (tertiary/aromatic N) is 5. The van der Waals surface area contributed by atoms with Crippen LogP contribution in [0.2, 0.25) is 10.0 Å². The quantitative estimate of drug-likeness (QED) is 0.144. The van der Waals surface area contributed by atoms with Gasteiger partial charge in [0.15, 0.2) is 5.82 Å². The zero-order valence-electron chi connectivity index (χ0n) is 27.4. The Morgan fingerprint density at radius 3 is 2.47 bits per heavy atom. The summed E-state index contributed by atoms with van der Waals surface area (Å²) >= 11 is 12.7. The number of H-pyrrole nitrogens is 2. The Bertz CT molecular complexity index is 2410. The van der Waals surface area contributed by atoms with Crippen molar-refractivity contribution in [3.63, 3.8) is 0 Å². The normalized spacial score (nSPS) is 14.2. The van der Waals surface area contributed by atoms with E-state index in [1.165, 1.54) is 0 Å². The van der Waals surface area contributed by atoms with Crippen LogP contribution in [0.25, 0.3) is 33.4 Å². The van der Waals surface area contributed by atoms with Crippen LogP contribution in [0.1, 0.15) is 53.7 Å². The van der Waals surface area contributed by atoms with Crippen molar-refractivity contribution in [3.8, 4) is 22.5 Å². The van der Waals surface area contributed by atoms with Gasteiger partial charge >= 0.3 is 5.76 Å². The minimum Gasteiger partial charge on any atom is -0.392 e. The number of imidazole rings is 1. The van der Waals surface area contributed by atoms with Crippen LogP contribution < -0.4 is 16.0 Å². The molecule has 4 aromatic heterocycles. The Labute approximate surface area is 302 Å². The van der Waals surface area contributed by atoms with Crippen LogP contribution in [0, 0.1) is 0 Å². The highest BCUT2D eigenvalue weighted by atomic mass is 35.5. The lowest BCUT2D eigenvalue weighted by atomic mass is 9.97. The Morgan fingerprint density at radius 1 is 0.961 bits per heavy atom. The summed E-state index contributed by atoms with van der Waals surface area (Å²) in [5, 5.41) is 11.6. The van der Waals surface area contributed by atoms with E-state index in [4.69, 9.17) is 32.6 Å². The maximum Gasteiger partial charge on any atom is 0.434 e. The van der Waals surface area contributed by atoms with Gasteiger partial charge in [-0.3, -0.25) is 4.79 Å². The van der Waals surface area contributed by atoms with Crippen molar-refractivity contribution >= 4 is 51.5 Å². The summed E-state index contributed by atoms with van der Waals surface area (Å²) in [7, 11) is 0. The number of aromatic nitrogens is 6. The molecule has 13 heteroatoms. The first-order valence-corrected chi connectivity index (χ1v) is 17.4. The van der Waals surface area contributed by atoms with E-state index in [1.807, 2.05) is 85.2 Å². The van der Waals surface area contributed by atoms with Gasteiger partial charge in [-0.2, -0.15) is 0 Å². The van der Waals surface area contributed by atoms with E-state index in [9.17, 15) is 9.59 Å². The molecule has 0 radical (unpaired) electrons. The zero-order chi connectivity index (χ0) is 35.1. The fourth-order valence-corrected chi connectivity index (χ4v) is 7.18. The molecule has 0 spiro atoms. The summed E-state index contributed by atoms with van der Waals surface area (Å²) in [6.07, 6.45) is 4.96. The third kappa shape index (κ3) is 6.30. The Hall–Kier alpha value is -5.65. The third-order valence-corrected chi connectivity index (χ3v) is 9.96. The van der Waals surface area contributed by atoms with Crippen LogP contribution in [0.5, 0.6) is 0 Å². The summed E-state index contributed by atoms with van der Waals surface area (Å²) in [6, 6.07) is 26.7. The molecule has 256 valence electrons. The maximum atomic E-state index is 14.6. The molecule has 7 aromatic rings. The molecule has 1 aliphatic heterocycles. The number of rotatable bonds is 8. The number of benzene rings is 3. The number of amides is 1. The number of piperidine rings is 1. The van der Waals surface area contributed by atoms with Crippen molar-refractivity contribution < 1.29 is 9.21 Å². The molecule has 1 fully saturated rings. The highest BCUT2D eigenvalue weighted by molar-refractivity contribution is 6.31. The molecule has 0 aliphatic carbocycles. The predicted octanol–water partition coefficient (Wildman–Crippen LogP) is 8.32. The van der Waals surface area contributed by atoms with E-state index < -0.39 is 5.76 Å². The standard InChI is InChI=1S/C38H32Cl2N8O3/c1-22(23-9-11-26(39)12-10-23)48-21-42-32(24-6-3-2-4-7-24)34(48)31-28-14-13-27(40)20-30(28)43-33(31)36(49)44-29-8-5-17-41-35(29)47-18-15-25(16-19-47)37-45-46-38(50)51-37/h2-14,17,20-22,25,43H,15-16,18-19H2,1H3,(H,44,49)(H,46,50). The molecule has 1 amide bonds. The summed E-state index contributed by atoms with van der Waals surface area (Å²) in [5.41, 5.74) is 5.80. The number of carbonyl (C=O) groups excluding carboxylic acids is 1. The number of nitrogens with one attached hydrogen (secondary N) is 3. The second-order valence-electron chi connectivity index (χ2n) is 12.5. The molecule has 3 aromatic carbocycles. The lowest BCUT2D eigenvalue weighted by Gasteiger charge is -2.32. The summed E-state index contributed by atoms with van der Waals surface area (Å²) in [6.45, 7) is 3.37. The number of anilines is 2. The number of aromatic amines is 2. The fraction of sp³-hybridized carbons (Fsp3) is 0.184. The zero-order valence-corrected chi connectivity index (χ0v) is 28.9. The number of fused-ring (bicyclic) bond motifs is 1. The molecule has 5 heterocycles. The van der Waals surface area contributed by atoms with Crippen molar-refractivity contribution in [2.45, 2.75) is 31.7 Å². The summed E-state index contributed by atoms with van der Waals surface area (Å²) in [4.78, 5) is 41.2. The van der Waals surface area contributed by atoms with Crippen LogP contribution in [-0.4, -0.2) is 48.7 Å². The second-order valence-corrected chi connectivity index (χ2v) is 13.4. The number of halogens is 2. The highest BCUT2D eigenvalue weighted by Gasteiger charge is 2.30. The number of hydrogen-bond acceptors (Lipinski definition) is 7. The Balaban J connectivity index is 1.20. The smallest absolute Gasteiger partial charge is 0.392 e. The van der Waals surface area contributed by atoms with Crippen molar-refractivity contribution in [1.82, 2.24) is 29.7 Å². The van der Waals surface area contributed by atoms with Gasteiger partial charge in [0, 0.05) is 57.3 Å². The molecule has 1 atom stereocenters. The van der Waals surface area contributed by atoms with E-state index in [1.54, 1.807) is 12.3 Å². The molecule has 0 saturated carbocycles. The summed E-state index contributed by atoms with van der Waals surface area (Å²) in [5.74, 6) is 0.187. The first-order chi connectivity index (χ1) is 24.8. The minimum absolute atomic E-state index is 0.0154. The molecular weight excluding hydrogens is 687 g/mol. The van der Waals surface area contributed by atoms with Crippen molar-refractivity contribution in [2.24, 2.45) is 0 Å². The average Bonchev–Trinajstić information content (AvgIpc) is 3.89. The van der Waals surface area contributed by atoms with E-state index in [2.05, 4.69) is 41.9 Å². The van der Waals surface area contributed by atoms with Crippen LogP contribution in [0.15, 0.2) is 107 Å². The summed E-state index contributed by atoms with van der Waals surface area (Å²) < 4.78 is 7.31. The molecular formula is C38H32Cl2N8O3. The molecule has 11 nitrogen and oxygen atoms in total. The van der Waals surface area contributed by atoms with Crippen LogP contribution in [-0.2, 0) is 0 Å². The Kier molecular flexibility index (Phi) is 8.66. The molecule has 51 heavy (non-hydrogen) atoms. The van der Waals surface area contributed by atoms with E-state index in [0.717, 1.165) is 27.9 Å². The number of hydrogen-bond donors (Lipinski definition) is 3. The van der Waals surface area contributed by atoms with E-state index in [-0.39, 0.29) is 17.9 Å². The van der Waals surface area contributed by atoms with E-state index in [0.29, 0.717) is 70.1 Å². The van der Waals surface area contributed by atoms with Gasteiger partial charge in [-0.05, 0) is 61.7 Å². The second kappa shape index (κ2) is 13.6. The van der Waals surface area contributed by atoms with Gasteiger partial charge in [0.1, 0.15) is 5.69 Å². The molecule has 1 saturated heterocycles. The number of pyridine rings is 1. The third-order valence-electron chi connectivity index (χ3n) is 9.47. The van der Waals surface area contributed by atoms with Gasteiger partial charge in [-0.15, -0.1) is 5.10 Å². The minimum atomic E-state index is -0.556. The van der Waals surface area contributed by atoms with Crippen LogP contribution >= 0.6 is 23.2 Å². The van der Waals surface area contributed by atoms with Gasteiger partial charge in [-0.1, -0.05) is 71.7 Å². The van der Waals surface area contributed by atoms with Gasteiger partial charge in [0.2, 0.25) is 5.89 Å². The monoisotopic (exact) mass is 718 g/mol. The first kappa shape index (κ1) is 32.5. The van der Waals surface area contributed by atoms with Crippen LogP contribution in [0.4, 0.5) is 11.5 Å². The highest BCUT2D eigenvalue weighted by Crippen LogP contribution is 2.42. The fourth-order valence-electron chi connectivity index (χ4n) is 6.88. The lowest BCUT2D eigenvalue weighted by molar-refractivity contribution is 0.102. The largest absolute Gasteiger partial charge is 0.434 e. The lowest BCUT2D eigenvalue weighted by Crippen LogP contribution is -2.34. The SMILES string of the molecule is CC(c1ccc(Cl)cc1)n1cnc(-c2ccccc2)c1-c1c(C(=O)Nc2cccnc2N2CCC(c3n[nH]c(=O)o3)CC2)[nH]c2cc(Cl)ccc12. The van der Waals surface area contributed by atoms with Crippen molar-refractivity contribution in [3.05, 3.63) is 135 Å². The molecule has 1 aliphatic rings. The van der Waals surface area contributed by atoms with E-state index >= 15 is 0 Å². The molecule has 0 bridgehead atoms. The topological polar surface area (TPSA) is 138 Å².